The summed E-state index contributed by atoms with van der Waals surface area (Å²) in [6.07, 6.45) is 7.47. The summed E-state index contributed by atoms with van der Waals surface area (Å²) in [6, 6.07) is 11.7. The summed E-state index contributed by atoms with van der Waals surface area (Å²) in [4.78, 5) is 12.5. The highest BCUT2D eigenvalue weighted by Gasteiger charge is 2.19. The van der Waals surface area contributed by atoms with E-state index in [0.717, 1.165) is 11.6 Å². The van der Waals surface area contributed by atoms with Crippen molar-refractivity contribution in [2.75, 3.05) is 9.62 Å². The molecule has 1 radical (unpaired) electrons. The molecule has 17 heavy (non-hydrogen) atoms. The first-order valence-electron chi connectivity index (χ1n) is 5.35. The number of hydrogen-bond donors (Lipinski definition) is 0. The molecule has 0 aromatic carbocycles. The second-order valence-electron chi connectivity index (χ2n) is 3.60. The lowest BCUT2D eigenvalue weighted by molar-refractivity contribution is 1.23. The maximum absolute atomic E-state index is 4.29. The normalized spacial score (nSPS) is 13.9. The van der Waals surface area contributed by atoms with Crippen LogP contribution in [-0.4, -0.2) is 17.5 Å². The lowest BCUT2D eigenvalue weighted by atomic mass is 10.1. The van der Waals surface area contributed by atoms with E-state index < -0.39 is 0 Å². The minimum atomic E-state index is 0.891. The van der Waals surface area contributed by atoms with Crippen molar-refractivity contribution in [3.63, 3.8) is 0 Å². The molecular weight excluding hydrogens is 211 g/mol. The van der Waals surface area contributed by atoms with Crippen LogP contribution in [0.15, 0.2) is 61.2 Å². The van der Waals surface area contributed by atoms with Crippen molar-refractivity contribution in [1.29, 1.82) is 0 Å². The molecular formula is C12H10BN4. The molecule has 0 atom stereocenters. The van der Waals surface area contributed by atoms with Crippen LogP contribution in [0.4, 0.5) is 11.6 Å². The SMILES string of the molecule is [B]1N(c2ccccn2)C=CN1c1ccccn1. The maximum Gasteiger partial charge on any atom is 0.402 e. The average molecular weight is 221 g/mol. The van der Waals surface area contributed by atoms with Gasteiger partial charge < -0.3 is 9.62 Å². The van der Waals surface area contributed by atoms with Crippen LogP contribution in [0.1, 0.15) is 0 Å². The Balaban J connectivity index is 1.78. The van der Waals surface area contributed by atoms with Crippen molar-refractivity contribution < 1.29 is 0 Å². The molecule has 5 heteroatoms. The molecule has 0 fully saturated rings. The molecule has 1 aliphatic rings. The van der Waals surface area contributed by atoms with Gasteiger partial charge in [-0.15, -0.1) is 0 Å². The van der Waals surface area contributed by atoms with E-state index in [1.807, 2.05) is 66.0 Å². The second-order valence-corrected chi connectivity index (χ2v) is 3.60. The first-order valence-corrected chi connectivity index (χ1v) is 5.35. The molecule has 3 heterocycles. The van der Waals surface area contributed by atoms with Crippen LogP contribution in [-0.2, 0) is 0 Å². The molecule has 0 saturated heterocycles. The van der Waals surface area contributed by atoms with Crippen LogP contribution in [0.25, 0.3) is 0 Å². The van der Waals surface area contributed by atoms with Gasteiger partial charge in [-0.1, -0.05) is 12.1 Å². The maximum atomic E-state index is 4.29. The van der Waals surface area contributed by atoms with E-state index in [4.69, 9.17) is 0 Å². The highest BCUT2D eigenvalue weighted by Crippen LogP contribution is 2.18. The van der Waals surface area contributed by atoms with Gasteiger partial charge >= 0.3 is 7.55 Å². The van der Waals surface area contributed by atoms with Gasteiger partial charge in [-0.3, -0.25) is 0 Å². The summed E-state index contributed by atoms with van der Waals surface area (Å²) in [7, 11) is 1.95. The molecule has 0 unspecified atom stereocenters. The largest absolute Gasteiger partial charge is 0.402 e. The summed E-state index contributed by atoms with van der Waals surface area (Å²) in [5, 5.41) is 0. The first kappa shape index (κ1) is 9.90. The Morgan fingerprint density at radius 2 is 1.29 bits per heavy atom. The van der Waals surface area contributed by atoms with Crippen LogP contribution in [0.5, 0.6) is 0 Å². The fourth-order valence-corrected chi connectivity index (χ4v) is 1.64. The summed E-state index contributed by atoms with van der Waals surface area (Å²) in [5.41, 5.74) is 0. The zero-order valence-corrected chi connectivity index (χ0v) is 9.14. The molecule has 0 amide bonds. The monoisotopic (exact) mass is 221 g/mol. The standard InChI is InChI=1S/C12H10BN4/c1-3-7-14-11(5-1)16-9-10-17(13-16)12-6-2-4-8-15-12/h1-10H. The molecule has 3 rings (SSSR count). The quantitative estimate of drug-likeness (QED) is 0.724. The van der Waals surface area contributed by atoms with Crippen LogP contribution in [0, 0.1) is 0 Å². The number of anilines is 2. The van der Waals surface area contributed by atoms with Gasteiger partial charge in [0.05, 0.1) is 0 Å². The molecule has 0 spiro atoms. The lowest BCUT2D eigenvalue weighted by Crippen LogP contribution is -2.30. The van der Waals surface area contributed by atoms with Crippen molar-refractivity contribution in [2.24, 2.45) is 0 Å². The van der Waals surface area contributed by atoms with Crippen LogP contribution < -0.4 is 9.62 Å². The van der Waals surface area contributed by atoms with Gasteiger partial charge in [0, 0.05) is 24.8 Å². The Hall–Kier alpha value is -2.30. The zero-order valence-electron chi connectivity index (χ0n) is 9.14. The van der Waals surface area contributed by atoms with Gasteiger partial charge in [0.25, 0.3) is 0 Å². The van der Waals surface area contributed by atoms with Gasteiger partial charge in [0.15, 0.2) is 0 Å². The highest BCUT2D eigenvalue weighted by atomic mass is 15.3. The number of nitrogens with zero attached hydrogens (tertiary/aromatic N) is 4. The summed E-state index contributed by atoms with van der Waals surface area (Å²) in [6.45, 7) is 0. The molecule has 0 saturated carbocycles. The lowest BCUT2D eigenvalue weighted by Gasteiger charge is -2.17. The molecule has 0 N–H and O–H groups in total. The molecule has 0 bridgehead atoms. The third-order valence-corrected chi connectivity index (χ3v) is 2.46. The molecule has 2 aromatic heterocycles. The Kier molecular flexibility index (Phi) is 2.50. The third kappa shape index (κ3) is 1.99. The fraction of sp³-hybridized carbons (Fsp3) is 0. The van der Waals surface area contributed by atoms with E-state index in [1.165, 1.54) is 0 Å². The minimum Gasteiger partial charge on any atom is -0.358 e. The summed E-state index contributed by atoms with van der Waals surface area (Å²) >= 11 is 0. The first-order chi connectivity index (χ1) is 8.43. The van der Waals surface area contributed by atoms with Gasteiger partial charge in [-0.2, -0.15) is 0 Å². The van der Waals surface area contributed by atoms with Gasteiger partial charge in [0.2, 0.25) is 0 Å². The fourth-order valence-electron chi connectivity index (χ4n) is 1.64. The molecule has 81 valence electrons. The third-order valence-electron chi connectivity index (χ3n) is 2.46. The van der Waals surface area contributed by atoms with Crippen LogP contribution in [0.2, 0.25) is 0 Å². The molecule has 0 aliphatic carbocycles. The predicted octanol–water partition coefficient (Wildman–Crippen LogP) is 1.81. The summed E-state index contributed by atoms with van der Waals surface area (Å²) < 4.78 is 0. The van der Waals surface area contributed by atoms with Gasteiger partial charge in [-0.05, 0) is 24.3 Å². The van der Waals surface area contributed by atoms with Crippen molar-refractivity contribution in [3.05, 3.63) is 61.2 Å². The smallest absolute Gasteiger partial charge is 0.358 e. The van der Waals surface area contributed by atoms with E-state index in [0.29, 0.717) is 0 Å². The zero-order chi connectivity index (χ0) is 11.5. The summed E-state index contributed by atoms with van der Waals surface area (Å²) in [5.74, 6) is 1.78. The average Bonchev–Trinajstić information content (AvgIpc) is 2.90. The number of pyridine rings is 2. The van der Waals surface area contributed by atoms with Crippen LogP contribution >= 0.6 is 0 Å². The number of hydrogen-bond acceptors (Lipinski definition) is 4. The number of rotatable bonds is 2. The van der Waals surface area contributed by atoms with E-state index in [9.17, 15) is 0 Å². The predicted molar refractivity (Wildman–Crippen MR) is 68.3 cm³/mol. The topological polar surface area (TPSA) is 32.3 Å². The highest BCUT2D eigenvalue weighted by molar-refractivity contribution is 6.49. The van der Waals surface area contributed by atoms with Crippen molar-refractivity contribution in [2.45, 2.75) is 0 Å². The Morgan fingerprint density at radius 3 is 1.71 bits per heavy atom. The molecule has 2 aromatic rings. The Bertz CT molecular complexity index is 467. The minimum absolute atomic E-state index is 0.891. The van der Waals surface area contributed by atoms with Crippen molar-refractivity contribution in [3.8, 4) is 0 Å². The number of aromatic nitrogens is 2. The van der Waals surface area contributed by atoms with Crippen molar-refractivity contribution >= 4 is 19.2 Å². The van der Waals surface area contributed by atoms with Gasteiger partial charge in [0.1, 0.15) is 11.6 Å². The Labute approximate surface area is 101 Å². The van der Waals surface area contributed by atoms with Gasteiger partial charge in [-0.25, -0.2) is 9.97 Å². The second kappa shape index (κ2) is 4.29. The Morgan fingerprint density at radius 1 is 0.765 bits per heavy atom. The van der Waals surface area contributed by atoms with E-state index in [2.05, 4.69) is 9.97 Å². The molecule has 4 nitrogen and oxygen atoms in total. The van der Waals surface area contributed by atoms with E-state index >= 15 is 0 Å². The molecule has 1 aliphatic heterocycles. The van der Waals surface area contributed by atoms with E-state index in [1.54, 1.807) is 12.4 Å². The van der Waals surface area contributed by atoms with Crippen molar-refractivity contribution in [1.82, 2.24) is 9.97 Å². The van der Waals surface area contributed by atoms with E-state index in [-0.39, 0.29) is 0 Å². The van der Waals surface area contributed by atoms with Crippen LogP contribution in [0.3, 0.4) is 0 Å².